The number of aromatic nitrogens is 2. The summed E-state index contributed by atoms with van der Waals surface area (Å²) in [5.41, 5.74) is 4.30. The van der Waals surface area contributed by atoms with Gasteiger partial charge in [-0.2, -0.15) is 0 Å². The van der Waals surface area contributed by atoms with E-state index in [-0.39, 0.29) is 43.3 Å². The van der Waals surface area contributed by atoms with Crippen LogP contribution in [-0.4, -0.2) is 70.8 Å². The number of phenols is 1. The van der Waals surface area contributed by atoms with E-state index < -0.39 is 0 Å². The standard InChI is InChI=1S/C33H31ClN4O6/c1-19-4-2-7-25-28(40)15-27-30(29(19)25)22(16-34)18-38(27)33(42)26-14-21-12-23(17-35-31(21)37-26)36-32(41)20-5-3-6-24(13-20)44-11-10-43-9-8-39/h2-7,12-15,17,22,39-40H,8-11,16,18H2,1H3,(H,35,37)(H,36,41)/t22-/m1/s1. The first-order chi connectivity index (χ1) is 21.4. The maximum Gasteiger partial charge on any atom is 0.274 e. The smallest absolute Gasteiger partial charge is 0.274 e. The van der Waals surface area contributed by atoms with Crippen LogP contribution in [0.4, 0.5) is 11.4 Å². The van der Waals surface area contributed by atoms with Gasteiger partial charge in [0, 0.05) is 40.7 Å². The Morgan fingerprint density at radius 3 is 2.77 bits per heavy atom. The zero-order valence-corrected chi connectivity index (χ0v) is 24.7. The molecule has 0 radical (unpaired) electrons. The van der Waals surface area contributed by atoms with Crippen molar-refractivity contribution >= 4 is 56.6 Å². The highest BCUT2D eigenvalue weighted by Crippen LogP contribution is 2.46. The van der Waals surface area contributed by atoms with Gasteiger partial charge in [-0.25, -0.2) is 4.98 Å². The fraction of sp³-hybridized carbons (Fsp3) is 0.242. The Kier molecular flexibility index (Phi) is 8.38. The highest BCUT2D eigenvalue weighted by atomic mass is 35.5. The summed E-state index contributed by atoms with van der Waals surface area (Å²) in [7, 11) is 0. The SMILES string of the molecule is Cc1cccc2c(O)cc3c(c12)[C@H](CCl)CN3C(=O)c1cc2cc(NC(=O)c3cccc(OCCOCCO)c3)cnc2[nH]1. The third kappa shape index (κ3) is 5.67. The molecule has 0 fully saturated rings. The number of aryl methyl sites for hydroxylation is 1. The van der Waals surface area contributed by atoms with Gasteiger partial charge in [0.25, 0.3) is 11.8 Å². The van der Waals surface area contributed by atoms with Crippen molar-refractivity contribution in [3.8, 4) is 11.5 Å². The fourth-order valence-electron chi connectivity index (χ4n) is 5.68. The van der Waals surface area contributed by atoms with Crippen molar-refractivity contribution in [3.63, 3.8) is 0 Å². The van der Waals surface area contributed by atoms with Gasteiger partial charge in [0.15, 0.2) is 0 Å². The number of ether oxygens (including phenoxy) is 2. The van der Waals surface area contributed by atoms with E-state index in [1.807, 2.05) is 25.1 Å². The van der Waals surface area contributed by atoms with E-state index in [4.69, 9.17) is 26.2 Å². The number of phenolic OH excluding ortho intramolecular Hbond substituents is 1. The molecule has 1 aliphatic rings. The Morgan fingerprint density at radius 2 is 1.95 bits per heavy atom. The van der Waals surface area contributed by atoms with Crippen LogP contribution in [0.5, 0.6) is 11.5 Å². The van der Waals surface area contributed by atoms with Gasteiger partial charge in [-0.15, -0.1) is 11.6 Å². The quantitative estimate of drug-likeness (QED) is 0.123. The van der Waals surface area contributed by atoms with Crippen LogP contribution in [0.1, 0.15) is 37.9 Å². The van der Waals surface area contributed by atoms with Crippen LogP contribution in [0, 0.1) is 6.92 Å². The second kappa shape index (κ2) is 12.5. The number of hydrogen-bond acceptors (Lipinski definition) is 7. The van der Waals surface area contributed by atoms with E-state index in [1.165, 1.54) is 6.20 Å². The van der Waals surface area contributed by atoms with Crippen LogP contribution < -0.4 is 15.0 Å². The van der Waals surface area contributed by atoms with Crippen molar-refractivity contribution in [1.82, 2.24) is 9.97 Å². The minimum atomic E-state index is -0.344. The van der Waals surface area contributed by atoms with Crippen molar-refractivity contribution in [2.75, 3.05) is 49.1 Å². The van der Waals surface area contributed by atoms with Gasteiger partial charge in [0.1, 0.15) is 29.4 Å². The second-order valence-electron chi connectivity index (χ2n) is 10.6. The number of H-pyrrole nitrogens is 1. The lowest BCUT2D eigenvalue weighted by molar-refractivity contribution is 0.0705. The topological polar surface area (TPSA) is 137 Å². The lowest BCUT2D eigenvalue weighted by Crippen LogP contribution is -2.30. The van der Waals surface area contributed by atoms with Crippen LogP contribution in [0.25, 0.3) is 21.8 Å². The van der Waals surface area contributed by atoms with Gasteiger partial charge in [-0.3, -0.25) is 9.59 Å². The maximum atomic E-state index is 13.8. The number of nitrogens with one attached hydrogen (secondary N) is 2. The number of rotatable bonds is 10. The number of aromatic amines is 1. The summed E-state index contributed by atoms with van der Waals surface area (Å²) in [4.78, 5) is 36.0. The van der Waals surface area contributed by atoms with Crippen molar-refractivity contribution in [2.45, 2.75) is 12.8 Å². The van der Waals surface area contributed by atoms with E-state index in [0.717, 1.165) is 21.9 Å². The highest BCUT2D eigenvalue weighted by Gasteiger charge is 2.35. The first kappa shape index (κ1) is 29.4. The summed E-state index contributed by atoms with van der Waals surface area (Å²) in [5, 5.41) is 24.8. The molecular weight excluding hydrogens is 584 g/mol. The van der Waals surface area contributed by atoms with Gasteiger partial charge < -0.3 is 34.9 Å². The Labute approximate surface area is 258 Å². The van der Waals surface area contributed by atoms with Gasteiger partial charge in [-0.05, 0) is 53.8 Å². The van der Waals surface area contributed by atoms with Crippen LogP contribution in [-0.2, 0) is 4.74 Å². The minimum Gasteiger partial charge on any atom is -0.507 e. The number of alkyl halides is 1. The molecule has 1 aliphatic heterocycles. The first-order valence-corrected chi connectivity index (χ1v) is 14.8. The van der Waals surface area contributed by atoms with Crippen molar-refractivity contribution in [1.29, 1.82) is 0 Å². The van der Waals surface area contributed by atoms with Crippen LogP contribution >= 0.6 is 11.6 Å². The number of nitrogens with zero attached hydrogens (tertiary/aromatic N) is 2. The van der Waals surface area contributed by atoms with Gasteiger partial charge >= 0.3 is 0 Å². The molecule has 3 aromatic carbocycles. The molecule has 4 N–H and O–H groups in total. The van der Waals surface area contributed by atoms with Crippen molar-refractivity contribution in [3.05, 3.63) is 89.2 Å². The van der Waals surface area contributed by atoms with Gasteiger partial charge in [0.05, 0.1) is 37.4 Å². The van der Waals surface area contributed by atoms with E-state index in [0.29, 0.717) is 58.4 Å². The summed E-state index contributed by atoms with van der Waals surface area (Å²) in [6.45, 7) is 3.16. The summed E-state index contributed by atoms with van der Waals surface area (Å²) in [5.74, 6) is 0.252. The molecule has 6 rings (SSSR count). The van der Waals surface area contributed by atoms with Crippen molar-refractivity contribution < 1.29 is 29.3 Å². The molecule has 0 bridgehead atoms. The minimum absolute atomic E-state index is 0.0542. The van der Waals surface area contributed by atoms with Crippen molar-refractivity contribution in [2.24, 2.45) is 0 Å². The largest absolute Gasteiger partial charge is 0.507 e. The number of fused-ring (bicyclic) bond motifs is 4. The molecule has 5 aromatic rings. The zero-order valence-electron chi connectivity index (χ0n) is 24.0. The number of aliphatic hydroxyl groups is 1. The molecule has 10 nitrogen and oxygen atoms in total. The number of benzene rings is 3. The summed E-state index contributed by atoms with van der Waals surface area (Å²) in [6.07, 6.45) is 1.52. The number of amides is 2. The monoisotopic (exact) mass is 614 g/mol. The zero-order chi connectivity index (χ0) is 30.8. The molecule has 226 valence electrons. The average molecular weight is 615 g/mol. The van der Waals surface area contributed by atoms with Gasteiger partial charge in [-0.1, -0.05) is 24.3 Å². The lowest BCUT2D eigenvalue weighted by Gasteiger charge is -2.18. The molecule has 44 heavy (non-hydrogen) atoms. The molecule has 0 saturated carbocycles. The first-order valence-electron chi connectivity index (χ1n) is 14.2. The van der Waals surface area contributed by atoms with E-state index in [2.05, 4.69) is 15.3 Å². The Bertz CT molecular complexity index is 1870. The lowest BCUT2D eigenvalue weighted by atomic mass is 9.92. The molecule has 2 aromatic heterocycles. The predicted octanol–water partition coefficient (Wildman–Crippen LogP) is 5.35. The Hall–Kier alpha value is -4.64. The summed E-state index contributed by atoms with van der Waals surface area (Å²) in [6, 6.07) is 17.6. The van der Waals surface area contributed by atoms with E-state index in [1.54, 1.807) is 47.4 Å². The molecule has 11 heteroatoms. The number of carbonyl (C=O) groups excluding carboxylic acids is 2. The number of aliphatic hydroxyl groups excluding tert-OH is 1. The molecule has 2 amide bonds. The third-order valence-electron chi connectivity index (χ3n) is 7.69. The highest BCUT2D eigenvalue weighted by molar-refractivity contribution is 6.19. The number of pyridine rings is 1. The Morgan fingerprint density at radius 1 is 1.11 bits per heavy atom. The van der Waals surface area contributed by atoms with Gasteiger partial charge in [0.2, 0.25) is 0 Å². The number of hydrogen-bond donors (Lipinski definition) is 4. The summed E-state index contributed by atoms with van der Waals surface area (Å²) >= 11 is 6.39. The van der Waals surface area contributed by atoms with Crippen LogP contribution in [0.3, 0.4) is 0 Å². The molecule has 0 unspecified atom stereocenters. The average Bonchev–Trinajstić information content (AvgIpc) is 3.62. The fourth-order valence-corrected chi connectivity index (χ4v) is 5.93. The number of halogens is 1. The molecule has 0 spiro atoms. The molecule has 0 aliphatic carbocycles. The molecular formula is C33H31ClN4O6. The number of aromatic hydroxyl groups is 1. The van der Waals surface area contributed by atoms with E-state index >= 15 is 0 Å². The molecule has 0 saturated heterocycles. The second-order valence-corrected chi connectivity index (χ2v) is 10.9. The molecule has 3 heterocycles. The predicted molar refractivity (Wildman–Crippen MR) is 169 cm³/mol. The maximum absolute atomic E-state index is 13.8. The number of anilines is 2. The summed E-state index contributed by atoms with van der Waals surface area (Å²) < 4.78 is 10.8. The Balaban J connectivity index is 1.21. The normalized spacial score (nSPS) is 14.2. The third-order valence-corrected chi connectivity index (χ3v) is 8.06. The van der Waals surface area contributed by atoms with Crippen LogP contribution in [0.2, 0.25) is 0 Å². The van der Waals surface area contributed by atoms with E-state index in [9.17, 15) is 14.7 Å². The number of carbonyl (C=O) groups is 2. The van der Waals surface area contributed by atoms with Crippen LogP contribution in [0.15, 0.2) is 66.9 Å². The molecule has 1 atom stereocenters.